The van der Waals surface area contributed by atoms with Gasteiger partial charge in [-0.15, -0.1) is 14.7 Å². The fourth-order valence-electron chi connectivity index (χ4n) is 3.91. The molecule has 0 saturated heterocycles. The van der Waals surface area contributed by atoms with Gasteiger partial charge in [0.1, 0.15) is 0 Å². The quantitative estimate of drug-likeness (QED) is 0.247. The Morgan fingerprint density at radius 1 is 0.758 bits per heavy atom. The Hall–Kier alpha value is -3.36. The van der Waals surface area contributed by atoms with E-state index in [-0.39, 0.29) is 25.2 Å². The summed E-state index contributed by atoms with van der Waals surface area (Å²) in [4.78, 5) is 34.7. The van der Waals surface area contributed by atoms with Crippen LogP contribution in [-0.4, -0.2) is 53.8 Å². The van der Waals surface area contributed by atoms with Crippen LogP contribution < -0.4 is 0 Å². The Balaban J connectivity index is 2.17. The van der Waals surface area contributed by atoms with E-state index in [9.17, 15) is 14.7 Å². The second-order valence-corrected chi connectivity index (χ2v) is 8.25. The van der Waals surface area contributed by atoms with Crippen molar-refractivity contribution in [3.05, 3.63) is 86.5 Å². The van der Waals surface area contributed by atoms with E-state index in [2.05, 4.69) is 22.8 Å². The molecule has 0 aliphatic rings. The lowest BCUT2D eigenvalue weighted by Gasteiger charge is -2.34. The first kappa shape index (κ1) is 25.9. The fourth-order valence-corrected chi connectivity index (χ4v) is 3.91. The molecule has 2 aromatic rings. The van der Waals surface area contributed by atoms with Gasteiger partial charge >= 0.3 is 0 Å². The first-order valence-electron chi connectivity index (χ1n) is 11.4. The second kappa shape index (κ2) is 14.7. The topological polar surface area (TPSA) is 98.0 Å². The molecule has 0 bridgehead atoms. The zero-order valence-electron chi connectivity index (χ0n) is 19.5. The summed E-state index contributed by atoms with van der Waals surface area (Å²) in [7, 11) is 1.57. The predicted molar refractivity (Wildman–Crippen MR) is 131 cm³/mol. The average Bonchev–Trinajstić information content (AvgIpc) is 2.86. The largest absolute Gasteiger partial charge is 0.262 e. The maximum Gasteiger partial charge on any atom is 0.0736 e. The molecule has 178 valence electrons. The molecule has 2 rings (SSSR count). The lowest BCUT2D eigenvalue weighted by Crippen LogP contribution is -2.47. The van der Waals surface area contributed by atoms with Gasteiger partial charge in [0.2, 0.25) is 0 Å². The predicted octanol–water partition coefficient (Wildman–Crippen LogP) is 4.98. The lowest BCUT2D eigenvalue weighted by atomic mass is 10.0. The van der Waals surface area contributed by atoms with Crippen LogP contribution in [0.4, 0.5) is 0 Å². The minimum absolute atomic E-state index is 0.239. The third kappa shape index (κ3) is 8.96. The highest BCUT2D eigenvalue weighted by Crippen LogP contribution is 2.18. The number of hydrogen-bond acceptors (Lipinski definition) is 6. The van der Waals surface area contributed by atoms with Gasteiger partial charge < -0.3 is 0 Å². The molecule has 0 heterocycles. The van der Waals surface area contributed by atoms with Crippen LogP contribution in [0.15, 0.2) is 76.5 Å². The highest BCUT2D eigenvalue weighted by Gasteiger charge is 2.27. The summed E-state index contributed by atoms with van der Waals surface area (Å²) in [6, 6.07) is 19.0. The molecule has 0 aliphatic carbocycles. The molecule has 0 amide bonds. The average molecular weight is 455 g/mol. The summed E-state index contributed by atoms with van der Waals surface area (Å²) in [5, 5.41) is 13.8. The summed E-state index contributed by atoms with van der Waals surface area (Å²) in [6.45, 7) is 3.02. The minimum atomic E-state index is -0.376. The third-order valence-corrected chi connectivity index (χ3v) is 5.74. The van der Waals surface area contributed by atoms with Gasteiger partial charge in [-0.05, 0) is 30.4 Å². The highest BCUT2D eigenvalue weighted by atomic mass is 16.3. The number of unbranched alkanes of at least 4 members (excludes halogenated alkanes) is 1. The maximum atomic E-state index is 11.9. The minimum Gasteiger partial charge on any atom is -0.262 e. The molecule has 33 heavy (non-hydrogen) atoms. The standard InChI is InChI=1S/C24H34N6O3/c1-3-4-15-23(29(26-32)17-16-21-11-7-5-8-12-21)20-30(27-33)24(19-28(2)25-31)18-22-13-9-6-10-14-22/h5-14,23-24H,3-4,15-20H2,1-2H3/t23-,24+/m1/s1. The van der Waals surface area contributed by atoms with Crippen molar-refractivity contribution in [1.29, 1.82) is 0 Å². The van der Waals surface area contributed by atoms with Gasteiger partial charge in [-0.1, -0.05) is 80.4 Å². The molecule has 9 nitrogen and oxygen atoms in total. The second-order valence-electron chi connectivity index (χ2n) is 8.25. The first-order valence-corrected chi connectivity index (χ1v) is 11.4. The van der Waals surface area contributed by atoms with Crippen molar-refractivity contribution in [2.45, 2.75) is 51.1 Å². The number of hydrogen-bond donors (Lipinski definition) is 0. The molecule has 0 radical (unpaired) electrons. The molecule has 0 fully saturated rings. The molecule has 2 atom stereocenters. The van der Waals surface area contributed by atoms with Gasteiger partial charge in [-0.25, -0.2) is 0 Å². The molecule has 0 aromatic heterocycles. The maximum absolute atomic E-state index is 11.9. The van der Waals surface area contributed by atoms with Crippen LogP contribution in [0.5, 0.6) is 0 Å². The number of likely N-dealkylation sites (N-methyl/N-ethyl adjacent to an activating group) is 1. The van der Waals surface area contributed by atoms with Crippen LogP contribution in [0.2, 0.25) is 0 Å². The third-order valence-electron chi connectivity index (χ3n) is 5.74. The summed E-state index contributed by atoms with van der Waals surface area (Å²) >= 11 is 0. The van der Waals surface area contributed by atoms with Gasteiger partial charge in [0.05, 0.1) is 41.0 Å². The van der Waals surface area contributed by atoms with E-state index in [1.807, 2.05) is 60.7 Å². The zero-order valence-corrected chi connectivity index (χ0v) is 19.5. The van der Waals surface area contributed by atoms with Crippen LogP contribution in [0.1, 0.15) is 37.3 Å². The zero-order chi connectivity index (χ0) is 23.9. The molecule has 0 saturated carbocycles. The number of benzene rings is 2. The Labute approximate surface area is 195 Å². The van der Waals surface area contributed by atoms with Gasteiger partial charge in [0.25, 0.3) is 0 Å². The number of nitroso groups, excluding NO2 is 3. The molecule has 9 heteroatoms. The van der Waals surface area contributed by atoms with E-state index in [0.29, 0.717) is 25.8 Å². The van der Waals surface area contributed by atoms with E-state index in [0.717, 1.165) is 24.0 Å². The van der Waals surface area contributed by atoms with Gasteiger partial charge in [0, 0.05) is 13.6 Å². The molecule has 2 aromatic carbocycles. The van der Waals surface area contributed by atoms with Crippen molar-refractivity contribution < 1.29 is 0 Å². The molecule has 0 spiro atoms. The SMILES string of the molecule is CCCC[C@H](CN(N=O)[C@@H](Cc1ccccc1)CN(C)N=O)N(CCc1ccccc1)N=O. The monoisotopic (exact) mass is 454 g/mol. The number of nitrogens with zero attached hydrogens (tertiary/aromatic N) is 6. The molecular weight excluding hydrogens is 420 g/mol. The summed E-state index contributed by atoms with van der Waals surface area (Å²) < 4.78 is 0. The molecule has 0 N–H and O–H groups in total. The van der Waals surface area contributed by atoms with Crippen molar-refractivity contribution in [3.63, 3.8) is 0 Å². The highest BCUT2D eigenvalue weighted by molar-refractivity contribution is 5.16. The van der Waals surface area contributed by atoms with Gasteiger partial charge in [-0.3, -0.25) is 15.0 Å². The Bertz CT molecular complexity index is 823. The van der Waals surface area contributed by atoms with E-state index in [4.69, 9.17) is 0 Å². The van der Waals surface area contributed by atoms with Crippen molar-refractivity contribution in [2.24, 2.45) is 15.9 Å². The van der Waals surface area contributed by atoms with Crippen LogP contribution in [0, 0.1) is 14.7 Å². The van der Waals surface area contributed by atoms with Crippen molar-refractivity contribution in [2.75, 3.05) is 26.7 Å². The van der Waals surface area contributed by atoms with E-state index < -0.39 is 0 Å². The summed E-state index contributed by atoms with van der Waals surface area (Å²) in [5.74, 6) is 0. The van der Waals surface area contributed by atoms with Crippen molar-refractivity contribution >= 4 is 0 Å². The molecular formula is C24H34N6O3. The first-order chi connectivity index (χ1) is 16.1. The smallest absolute Gasteiger partial charge is 0.0736 e. The normalized spacial score (nSPS) is 12.4. The molecule has 0 unspecified atom stereocenters. The molecule has 0 aliphatic heterocycles. The van der Waals surface area contributed by atoms with E-state index >= 15 is 0 Å². The lowest BCUT2D eigenvalue weighted by molar-refractivity contribution is 0.0899. The van der Waals surface area contributed by atoms with Crippen LogP contribution in [-0.2, 0) is 12.8 Å². The van der Waals surface area contributed by atoms with E-state index in [1.54, 1.807) is 7.05 Å². The fraction of sp³-hybridized carbons (Fsp3) is 0.500. The summed E-state index contributed by atoms with van der Waals surface area (Å²) in [6.07, 6.45) is 3.76. The van der Waals surface area contributed by atoms with Crippen molar-refractivity contribution in [1.82, 2.24) is 15.0 Å². The Morgan fingerprint density at radius 3 is 1.91 bits per heavy atom. The van der Waals surface area contributed by atoms with Gasteiger partial charge in [0.15, 0.2) is 0 Å². The van der Waals surface area contributed by atoms with Crippen LogP contribution >= 0.6 is 0 Å². The number of rotatable bonds is 17. The Morgan fingerprint density at radius 2 is 1.36 bits per heavy atom. The Kier molecular flexibility index (Phi) is 11.5. The van der Waals surface area contributed by atoms with Gasteiger partial charge in [-0.2, -0.15) is 0 Å². The van der Waals surface area contributed by atoms with Crippen LogP contribution in [0.3, 0.4) is 0 Å². The van der Waals surface area contributed by atoms with Crippen molar-refractivity contribution in [3.8, 4) is 0 Å². The van der Waals surface area contributed by atoms with E-state index in [1.165, 1.54) is 15.0 Å². The summed E-state index contributed by atoms with van der Waals surface area (Å²) in [5.41, 5.74) is 2.14. The van der Waals surface area contributed by atoms with Crippen LogP contribution in [0.25, 0.3) is 0 Å².